The lowest BCUT2D eigenvalue weighted by molar-refractivity contribution is -0.147. The number of alkyl carbamates (subject to hydrolysis) is 1. The van der Waals surface area contributed by atoms with Crippen LogP contribution in [0.25, 0.3) is 17.4 Å². The van der Waals surface area contributed by atoms with E-state index in [9.17, 15) is 23.6 Å². The molecular weight excluding hydrogens is 634 g/mol. The summed E-state index contributed by atoms with van der Waals surface area (Å²) < 4.78 is 30.9. The number of aryl methyl sites for hydroxylation is 1. The standard InChI is InChI=1S/C33H38FN3O7S2/c1-33(2,3)44-31(41)36-23(16-28(35)38)30(40)42-12-4-5-21-15-25(19-8-10-22(34)11-9-19)43-26(21)17-27-29(39)37(32(45)46-27)24-14-18-6-7-20(24)13-18/h8-11,15,17-18,20,23-24H,4-7,12-14,16H2,1-3H3,(H2,35,38)(H,36,41)/b27-17-/t18-,20-,23?,24-/m0/s1. The summed E-state index contributed by atoms with van der Waals surface area (Å²) in [5.41, 5.74) is 5.87. The zero-order valence-electron chi connectivity index (χ0n) is 26.0. The Balaban J connectivity index is 1.28. The van der Waals surface area contributed by atoms with E-state index in [0.29, 0.717) is 51.0 Å². The topological polar surface area (TPSA) is 141 Å². The maximum Gasteiger partial charge on any atom is 0.408 e. The van der Waals surface area contributed by atoms with Crippen LogP contribution in [0.5, 0.6) is 0 Å². The highest BCUT2D eigenvalue weighted by Gasteiger charge is 2.48. The van der Waals surface area contributed by atoms with Gasteiger partial charge >= 0.3 is 12.1 Å². The predicted octanol–water partition coefficient (Wildman–Crippen LogP) is 5.72. The van der Waals surface area contributed by atoms with Crippen LogP contribution in [0.4, 0.5) is 9.18 Å². The number of thioether (sulfide) groups is 1. The molecule has 4 atom stereocenters. The number of primary amides is 1. The van der Waals surface area contributed by atoms with E-state index in [2.05, 4.69) is 5.32 Å². The van der Waals surface area contributed by atoms with Crippen LogP contribution in [0, 0.1) is 17.7 Å². The van der Waals surface area contributed by atoms with Crippen molar-refractivity contribution in [2.75, 3.05) is 6.61 Å². The van der Waals surface area contributed by atoms with Crippen molar-refractivity contribution in [3.05, 3.63) is 52.4 Å². The third-order valence-corrected chi connectivity index (χ3v) is 9.63. The van der Waals surface area contributed by atoms with Crippen molar-refractivity contribution in [2.45, 2.75) is 83.4 Å². The van der Waals surface area contributed by atoms with Crippen molar-refractivity contribution in [3.8, 4) is 11.3 Å². The van der Waals surface area contributed by atoms with Crippen LogP contribution in [0.3, 0.4) is 0 Å². The van der Waals surface area contributed by atoms with Gasteiger partial charge in [-0.25, -0.2) is 14.0 Å². The number of amides is 3. The fraction of sp³-hybridized carbons (Fsp3) is 0.485. The van der Waals surface area contributed by atoms with E-state index in [1.165, 1.54) is 30.3 Å². The molecule has 3 aliphatic rings. The van der Waals surface area contributed by atoms with Crippen molar-refractivity contribution in [2.24, 2.45) is 17.6 Å². The monoisotopic (exact) mass is 671 g/mol. The number of nitrogens with zero attached hydrogens (tertiary/aromatic N) is 1. The van der Waals surface area contributed by atoms with Crippen LogP contribution in [-0.2, 0) is 30.3 Å². The highest BCUT2D eigenvalue weighted by Crippen LogP contribution is 2.49. The Morgan fingerprint density at radius 1 is 1.22 bits per heavy atom. The summed E-state index contributed by atoms with van der Waals surface area (Å²) in [5.74, 6) is -0.0221. The maximum absolute atomic E-state index is 13.6. The van der Waals surface area contributed by atoms with Crippen LogP contribution in [0.15, 0.2) is 39.7 Å². The van der Waals surface area contributed by atoms with Gasteiger partial charge in [0.1, 0.15) is 33.3 Å². The number of carbonyl (C=O) groups excluding carboxylic acids is 4. The number of hydrogen-bond acceptors (Lipinski definition) is 9. The van der Waals surface area contributed by atoms with E-state index in [0.717, 1.165) is 24.8 Å². The molecule has 3 fully saturated rings. The molecule has 5 rings (SSSR count). The maximum atomic E-state index is 13.6. The van der Waals surface area contributed by atoms with Gasteiger partial charge in [-0.3, -0.25) is 14.5 Å². The van der Waals surface area contributed by atoms with Crippen LogP contribution in [0.1, 0.15) is 70.6 Å². The quantitative estimate of drug-likeness (QED) is 0.133. The third-order valence-electron chi connectivity index (χ3n) is 8.30. The molecule has 2 aliphatic carbocycles. The van der Waals surface area contributed by atoms with E-state index in [4.69, 9.17) is 31.8 Å². The summed E-state index contributed by atoms with van der Waals surface area (Å²) >= 11 is 6.91. The number of nitrogens with two attached hydrogens (primary N) is 1. The van der Waals surface area contributed by atoms with E-state index < -0.39 is 36.0 Å². The fourth-order valence-corrected chi connectivity index (χ4v) is 7.65. The van der Waals surface area contributed by atoms with Gasteiger partial charge < -0.3 is 24.9 Å². The van der Waals surface area contributed by atoms with Crippen molar-refractivity contribution in [1.82, 2.24) is 10.2 Å². The largest absolute Gasteiger partial charge is 0.464 e. The Morgan fingerprint density at radius 3 is 2.59 bits per heavy atom. The molecule has 0 spiro atoms. The average Bonchev–Trinajstić information content (AvgIpc) is 3.74. The fourth-order valence-electron chi connectivity index (χ4n) is 6.31. The van der Waals surface area contributed by atoms with Crippen LogP contribution in [-0.4, -0.2) is 57.4 Å². The second-order valence-electron chi connectivity index (χ2n) is 12.9. The lowest BCUT2D eigenvalue weighted by atomic mass is 9.94. The van der Waals surface area contributed by atoms with Gasteiger partial charge in [0.05, 0.1) is 17.9 Å². The van der Waals surface area contributed by atoms with Crippen LogP contribution < -0.4 is 11.1 Å². The minimum Gasteiger partial charge on any atom is -0.464 e. The molecule has 1 aliphatic heterocycles. The number of rotatable bonds is 11. The molecule has 1 aromatic carbocycles. The summed E-state index contributed by atoms with van der Waals surface area (Å²) in [4.78, 5) is 52.3. The minimum atomic E-state index is -1.31. The summed E-state index contributed by atoms with van der Waals surface area (Å²) in [7, 11) is 0. The van der Waals surface area contributed by atoms with Gasteiger partial charge in [0.2, 0.25) is 5.91 Å². The highest BCUT2D eigenvalue weighted by molar-refractivity contribution is 8.26. The molecule has 2 bridgehead atoms. The lowest BCUT2D eigenvalue weighted by Gasteiger charge is -2.30. The normalized spacial score (nSPS) is 22.4. The number of thiocarbonyl (C=S) groups is 1. The van der Waals surface area contributed by atoms with Crippen LogP contribution >= 0.6 is 24.0 Å². The number of hydrogen-bond donors (Lipinski definition) is 2. The zero-order valence-corrected chi connectivity index (χ0v) is 27.6. The van der Waals surface area contributed by atoms with E-state index in [1.54, 1.807) is 43.9 Å². The summed E-state index contributed by atoms with van der Waals surface area (Å²) in [6.45, 7) is 4.97. The summed E-state index contributed by atoms with van der Waals surface area (Å²) in [6.07, 6.45) is 5.60. The first kappa shape index (κ1) is 33.6. The van der Waals surface area contributed by atoms with Crippen molar-refractivity contribution < 1.29 is 37.5 Å². The molecular formula is C33H38FN3O7S2. The number of ether oxygens (including phenoxy) is 2. The molecule has 10 nitrogen and oxygen atoms in total. The number of fused-ring (bicyclic) bond motifs is 2. The molecule has 2 aromatic rings. The molecule has 2 saturated carbocycles. The number of furan rings is 1. The second kappa shape index (κ2) is 14.0. The molecule has 3 N–H and O–H groups in total. The molecule has 1 aromatic heterocycles. The smallest absolute Gasteiger partial charge is 0.408 e. The Hall–Kier alpha value is -3.71. The molecule has 1 saturated heterocycles. The van der Waals surface area contributed by atoms with Gasteiger partial charge in [0, 0.05) is 17.7 Å². The molecule has 2 heterocycles. The molecule has 46 heavy (non-hydrogen) atoms. The van der Waals surface area contributed by atoms with E-state index >= 15 is 0 Å². The Labute approximate surface area is 276 Å². The molecule has 246 valence electrons. The van der Waals surface area contributed by atoms with Gasteiger partial charge in [-0.15, -0.1) is 0 Å². The van der Waals surface area contributed by atoms with Gasteiger partial charge in [-0.05, 0) is 101 Å². The van der Waals surface area contributed by atoms with Crippen molar-refractivity contribution in [3.63, 3.8) is 0 Å². The number of nitrogens with one attached hydrogen (secondary N) is 1. The van der Waals surface area contributed by atoms with Gasteiger partial charge in [0.15, 0.2) is 0 Å². The SMILES string of the molecule is CC(C)(C)OC(=O)NC(CC(N)=O)C(=O)OCCCc1cc(-c2ccc(F)cc2)oc1/C=C1\SC(=S)N([C@H]2C[C@H]3CC[C@H]2C3)C1=O. The number of benzene rings is 1. The van der Waals surface area contributed by atoms with E-state index in [1.807, 2.05) is 6.07 Å². The Kier molecular flexibility index (Phi) is 10.2. The Morgan fingerprint density at radius 2 is 1.96 bits per heavy atom. The summed E-state index contributed by atoms with van der Waals surface area (Å²) in [5, 5.41) is 2.34. The predicted molar refractivity (Wildman–Crippen MR) is 175 cm³/mol. The number of carbonyl (C=O) groups is 4. The molecule has 3 amide bonds. The number of esters is 1. The van der Waals surface area contributed by atoms with E-state index in [-0.39, 0.29) is 24.4 Å². The zero-order chi connectivity index (χ0) is 33.2. The first-order chi connectivity index (χ1) is 21.8. The Bertz CT molecular complexity index is 1550. The lowest BCUT2D eigenvalue weighted by Crippen LogP contribution is -2.46. The first-order valence-electron chi connectivity index (χ1n) is 15.4. The highest BCUT2D eigenvalue weighted by atomic mass is 32.2. The molecule has 1 unspecified atom stereocenters. The van der Waals surface area contributed by atoms with Crippen LogP contribution in [0.2, 0.25) is 0 Å². The average molecular weight is 672 g/mol. The first-order valence-corrected chi connectivity index (χ1v) is 16.6. The molecule has 13 heteroatoms. The van der Waals surface area contributed by atoms with Gasteiger partial charge in [-0.2, -0.15) is 0 Å². The van der Waals surface area contributed by atoms with Gasteiger partial charge in [0.25, 0.3) is 5.91 Å². The van der Waals surface area contributed by atoms with Crippen molar-refractivity contribution in [1.29, 1.82) is 0 Å². The summed E-state index contributed by atoms with van der Waals surface area (Å²) in [6, 6.07) is 6.54. The van der Waals surface area contributed by atoms with Gasteiger partial charge in [-0.1, -0.05) is 30.4 Å². The third kappa shape index (κ3) is 8.16. The molecule has 0 radical (unpaired) electrons. The second-order valence-corrected chi connectivity index (χ2v) is 14.6. The minimum absolute atomic E-state index is 0.0348. The van der Waals surface area contributed by atoms with Crippen molar-refractivity contribution >= 4 is 58.3 Å². The number of halogens is 1.